The number of nitrogens with zero attached hydrogens (tertiary/aromatic N) is 3. The molecule has 1 amide bonds. The molecule has 234 valence electrons. The second-order valence-corrected chi connectivity index (χ2v) is 13.1. The van der Waals surface area contributed by atoms with Crippen LogP contribution in [-0.4, -0.2) is 69.4 Å². The third-order valence-electron chi connectivity index (χ3n) is 9.73. The number of halogens is 3. The number of carbonyl (C=O) groups excluding carboxylic acids is 1. The Balaban J connectivity index is 1.51. The van der Waals surface area contributed by atoms with Crippen molar-refractivity contribution in [1.29, 1.82) is 0 Å². The molecule has 1 unspecified atom stereocenters. The van der Waals surface area contributed by atoms with Gasteiger partial charge in [-0.25, -0.2) is 4.39 Å². The summed E-state index contributed by atoms with van der Waals surface area (Å²) in [5.41, 5.74) is -2.59. The largest absolute Gasteiger partial charge is 0.506 e. The van der Waals surface area contributed by atoms with E-state index in [0.717, 1.165) is 42.8 Å². The molecule has 6 rings (SSSR count). The van der Waals surface area contributed by atoms with Crippen LogP contribution < -0.4 is 0 Å². The van der Waals surface area contributed by atoms with Crippen LogP contribution >= 0.6 is 23.2 Å². The molecule has 2 aromatic carbocycles. The van der Waals surface area contributed by atoms with Crippen LogP contribution in [0, 0.1) is 11.7 Å². The Labute approximate surface area is 266 Å². The lowest BCUT2D eigenvalue weighted by molar-refractivity contribution is -0.0574. The van der Waals surface area contributed by atoms with Crippen molar-refractivity contribution in [2.24, 2.45) is 5.92 Å². The molecule has 3 aromatic rings. The number of hydrogen-bond donors (Lipinski definition) is 3. The standard InChI is InChI=1S/C33H36Cl2FN3O5/c1-3-32(42,20-6-9-38(2)10-7-20)22-13-25-30(27(36)14-22)33(43,21-4-5-26(35)24(12-21)19-8-11-44-18-19)39(31(25)41)17-28-29(40)15-23(34)16-37-28/h4-5,12-16,19-20,40,42-43H,3,6-11,17-18H2,1-2H3/t19?,32-,33+/m0/s1. The summed E-state index contributed by atoms with van der Waals surface area (Å²) in [4.78, 5) is 21.7. The Morgan fingerprint density at radius 1 is 1.16 bits per heavy atom. The number of pyridine rings is 1. The predicted octanol–water partition coefficient (Wildman–Crippen LogP) is 5.53. The second kappa shape index (κ2) is 11.9. The number of likely N-dealkylation sites (tertiary alicyclic amines) is 1. The Morgan fingerprint density at radius 3 is 2.57 bits per heavy atom. The monoisotopic (exact) mass is 643 g/mol. The maximum atomic E-state index is 16.5. The molecular formula is C33H36Cl2FN3O5. The number of fused-ring (bicyclic) bond motifs is 1. The van der Waals surface area contributed by atoms with Gasteiger partial charge in [0.25, 0.3) is 5.91 Å². The number of carbonyl (C=O) groups is 1. The SMILES string of the molecule is CC[C@@](O)(c1cc(F)c2c(c1)C(=O)N(Cc1ncc(Cl)cc1O)[C@@]2(O)c1ccc(Cl)c(C2CCOC2)c1)C1CCN(C)CC1. The molecule has 8 nitrogen and oxygen atoms in total. The molecule has 2 saturated heterocycles. The van der Waals surface area contributed by atoms with E-state index >= 15 is 4.39 Å². The zero-order valence-corrected chi connectivity index (χ0v) is 26.2. The van der Waals surface area contributed by atoms with E-state index < -0.39 is 23.1 Å². The molecule has 0 aliphatic carbocycles. The van der Waals surface area contributed by atoms with Crippen LogP contribution in [0.4, 0.5) is 4.39 Å². The van der Waals surface area contributed by atoms with Crippen LogP contribution in [0.1, 0.15) is 76.8 Å². The normalized spacial score (nSPS) is 24.1. The number of ether oxygens (including phenoxy) is 1. The van der Waals surface area contributed by atoms with Crippen LogP contribution in [0.15, 0.2) is 42.6 Å². The Hall–Kier alpha value is -2.79. The number of aromatic nitrogens is 1. The summed E-state index contributed by atoms with van der Waals surface area (Å²) in [7, 11) is 2.03. The highest BCUT2D eigenvalue weighted by atomic mass is 35.5. The molecule has 3 atom stereocenters. The molecule has 3 N–H and O–H groups in total. The molecule has 4 heterocycles. The fourth-order valence-electron chi connectivity index (χ4n) is 7.09. The first-order valence-corrected chi connectivity index (χ1v) is 15.7. The highest BCUT2D eigenvalue weighted by Crippen LogP contribution is 2.49. The summed E-state index contributed by atoms with van der Waals surface area (Å²) in [5.74, 6) is -1.91. The van der Waals surface area contributed by atoms with Gasteiger partial charge in [0, 0.05) is 35.4 Å². The third kappa shape index (κ3) is 5.17. The van der Waals surface area contributed by atoms with Crippen LogP contribution in [0.5, 0.6) is 5.75 Å². The third-order valence-corrected chi connectivity index (χ3v) is 10.3. The quantitative estimate of drug-likeness (QED) is 0.311. The molecule has 11 heteroatoms. The minimum atomic E-state index is -2.28. The Bertz CT molecular complexity index is 1590. The van der Waals surface area contributed by atoms with Crippen LogP contribution in [0.25, 0.3) is 0 Å². The van der Waals surface area contributed by atoms with Gasteiger partial charge in [0.1, 0.15) is 17.3 Å². The van der Waals surface area contributed by atoms with Crippen molar-refractivity contribution >= 4 is 29.1 Å². The first kappa shape index (κ1) is 31.2. The van der Waals surface area contributed by atoms with Crippen LogP contribution in [0.2, 0.25) is 10.0 Å². The zero-order valence-electron chi connectivity index (χ0n) is 24.7. The number of aliphatic hydroxyl groups is 2. The summed E-state index contributed by atoms with van der Waals surface area (Å²) in [6.07, 6.45) is 3.83. The number of amides is 1. The van der Waals surface area contributed by atoms with Crippen molar-refractivity contribution in [3.63, 3.8) is 0 Å². The van der Waals surface area contributed by atoms with E-state index in [1.807, 2.05) is 14.0 Å². The van der Waals surface area contributed by atoms with Gasteiger partial charge in [0.15, 0.2) is 5.72 Å². The topological polar surface area (TPSA) is 106 Å². The van der Waals surface area contributed by atoms with Gasteiger partial charge >= 0.3 is 0 Å². The second-order valence-electron chi connectivity index (χ2n) is 12.2. The molecule has 2 fully saturated rings. The minimum Gasteiger partial charge on any atom is -0.506 e. The van der Waals surface area contributed by atoms with Gasteiger partial charge < -0.3 is 25.0 Å². The molecule has 3 aliphatic heterocycles. The zero-order chi connectivity index (χ0) is 31.4. The summed E-state index contributed by atoms with van der Waals surface area (Å²) in [5, 5.41) is 35.9. The Kier molecular flexibility index (Phi) is 8.41. The van der Waals surface area contributed by atoms with Crippen LogP contribution in [0.3, 0.4) is 0 Å². The molecule has 0 spiro atoms. The maximum Gasteiger partial charge on any atom is 0.257 e. The van der Waals surface area contributed by atoms with E-state index in [2.05, 4.69) is 9.88 Å². The van der Waals surface area contributed by atoms with Gasteiger partial charge in [0.05, 0.1) is 34.9 Å². The smallest absolute Gasteiger partial charge is 0.257 e. The minimum absolute atomic E-state index is 0.0284. The predicted molar refractivity (Wildman–Crippen MR) is 164 cm³/mol. The number of hydrogen-bond acceptors (Lipinski definition) is 7. The highest BCUT2D eigenvalue weighted by molar-refractivity contribution is 6.31. The molecule has 1 aromatic heterocycles. The number of benzene rings is 2. The van der Waals surface area contributed by atoms with E-state index in [4.69, 9.17) is 27.9 Å². The molecule has 0 bridgehead atoms. The first-order valence-electron chi connectivity index (χ1n) is 15.0. The van der Waals surface area contributed by atoms with E-state index in [1.54, 1.807) is 18.2 Å². The van der Waals surface area contributed by atoms with Crippen molar-refractivity contribution in [1.82, 2.24) is 14.8 Å². The van der Waals surface area contributed by atoms with Gasteiger partial charge in [0.2, 0.25) is 0 Å². The highest BCUT2D eigenvalue weighted by Gasteiger charge is 2.53. The van der Waals surface area contributed by atoms with E-state index in [9.17, 15) is 20.1 Å². The molecule has 44 heavy (non-hydrogen) atoms. The van der Waals surface area contributed by atoms with E-state index in [1.165, 1.54) is 24.4 Å². The summed E-state index contributed by atoms with van der Waals surface area (Å²) in [6.45, 7) is 4.13. The fourth-order valence-corrected chi connectivity index (χ4v) is 7.51. The fraction of sp³-hybridized carbons (Fsp3) is 0.455. The summed E-state index contributed by atoms with van der Waals surface area (Å²) < 4.78 is 22.1. The molecule has 0 radical (unpaired) electrons. The van der Waals surface area contributed by atoms with Crippen LogP contribution in [-0.2, 0) is 22.6 Å². The van der Waals surface area contributed by atoms with Gasteiger partial charge in [-0.2, -0.15) is 0 Å². The number of aromatic hydroxyl groups is 1. The Morgan fingerprint density at radius 2 is 1.91 bits per heavy atom. The lowest BCUT2D eigenvalue weighted by Crippen LogP contribution is -2.45. The van der Waals surface area contributed by atoms with Gasteiger partial charge in [-0.15, -0.1) is 0 Å². The van der Waals surface area contributed by atoms with Gasteiger partial charge in [-0.1, -0.05) is 36.2 Å². The van der Waals surface area contributed by atoms with Crippen molar-refractivity contribution < 1.29 is 29.2 Å². The summed E-state index contributed by atoms with van der Waals surface area (Å²) in [6, 6.07) is 8.95. The summed E-state index contributed by atoms with van der Waals surface area (Å²) >= 11 is 12.6. The molecule has 3 aliphatic rings. The first-order chi connectivity index (χ1) is 21.0. The lowest BCUT2D eigenvalue weighted by atomic mass is 9.73. The molecular weight excluding hydrogens is 608 g/mol. The molecule has 0 saturated carbocycles. The number of piperidine rings is 1. The van der Waals surface area contributed by atoms with Crippen molar-refractivity contribution in [3.8, 4) is 5.75 Å². The number of rotatable bonds is 7. The lowest BCUT2D eigenvalue weighted by Gasteiger charge is -2.41. The van der Waals surface area contributed by atoms with Gasteiger partial charge in [-0.05, 0) is 87.1 Å². The maximum absolute atomic E-state index is 16.5. The average Bonchev–Trinajstić information content (AvgIpc) is 3.61. The van der Waals surface area contributed by atoms with E-state index in [0.29, 0.717) is 30.2 Å². The average molecular weight is 645 g/mol. The van der Waals surface area contributed by atoms with Gasteiger partial charge in [-0.3, -0.25) is 14.7 Å². The van der Waals surface area contributed by atoms with Crippen molar-refractivity contribution in [2.75, 3.05) is 33.4 Å². The van der Waals surface area contributed by atoms with Crippen molar-refractivity contribution in [3.05, 3.63) is 92.0 Å². The van der Waals surface area contributed by atoms with Crippen molar-refractivity contribution in [2.45, 2.75) is 56.4 Å². The van der Waals surface area contributed by atoms with E-state index in [-0.39, 0.29) is 51.5 Å².